The van der Waals surface area contributed by atoms with Crippen LogP contribution in [-0.4, -0.2) is 16.8 Å². The monoisotopic (exact) mass is 200 g/mol. The van der Waals surface area contributed by atoms with Crippen molar-refractivity contribution in [3.05, 3.63) is 10.6 Å². The van der Waals surface area contributed by atoms with E-state index in [1.165, 1.54) is 0 Å². The molecular weight excluding hydrogens is 195 g/mol. The molecule has 1 N–H and O–H groups in total. The van der Waals surface area contributed by atoms with Crippen LogP contribution in [0.25, 0.3) is 0 Å². The highest BCUT2D eigenvalue weighted by Gasteiger charge is 2.18. The van der Waals surface area contributed by atoms with Crippen molar-refractivity contribution in [3.8, 4) is 0 Å². The molecule has 0 aromatic heterocycles. The molecule has 0 aliphatic heterocycles. The van der Waals surface area contributed by atoms with Crippen LogP contribution >= 0.6 is 35.8 Å². The Bertz CT molecular complexity index is 158. The summed E-state index contributed by atoms with van der Waals surface area (Å²) in [4.78, 5) is 10.3. The average molecular weight is 201 g/mol. The standard InChI is InChI=1S/C5H6Cl2O2S/c6-1-4(7)3(2-10)5(8)9/h1,3,10H,2H2,(H,8,9)/b4-1-/t3-/m0/s1. The maximum atomic E-state index is 10.3. The smallest absolute Gasteiger partial charge is 0.312 e. The van der Waals surface area contributed by atoms with Crippen LogP contribution in [0.3, 0.4) is 0 Å². The SMILES string of the molecule is O=C(O)[C@@H](CS)/C(Cl)=C/Cl. The molecule has 0 fully saturated rings. The van der Waals surface area contributed by atoms with Gasteiger partial charge in [-0.15, -0.1) is 0 Å². The van der Waals surface area contributed by atoms with Gasteiger partial charge in [-0.25, -0.2) is 0 Å². The zero-order chi connectivity index (χ0) is 8.15. The molecule has 58 valence electrons. The van der Waals surface area contributed by atoms with Crippen LogP contribution in [0.15, 0.2) is 10.6 Å². The second-order valence-electron chi connectivity index (χ2n) is 1.57. The number of hydrogen-bond donors (Lipinski definition) is 2. The molecule has 0 aliphatic carbocycles. The summed E-state index contributed by atoms with van der Waals surface area (Å²) in [6, 6.07) is 0. The summed E-state index contributed by atoms with van der Waals surface area (Å²) in [5.41, 5.74) is 1.04. The minimum absolute atomic E-state index is 0.101. The van der Waals surface area contributed by atoms with Gasteiger partial charge in [0.1, 0.15) is 5.92 Å². The molecule has 0 saturated carbocycles. The molecule has 10 heavy (non-hydrogen) atoms. The first-order valence-electron chi connectivity index (χ1n) is 2.43. The van der Waals surface area contributed by atoms with Crippen LogP contribution in [-0.2, 0) is 4.79 Å². The van der Waals surface area contributed by atoms with E-state index >= 15 is 0 Å². The number of thiol groups is 1. The van der Waals surface area contributed by atoms with Crippen molar-refractivity contribution in [2.45, 2.75) is 0 Å². The van der Waals surface area contributed by atoms with Crippen LogP contribution in [0.5, 0.6) is 0 Å². The van der Waals surface area contributed by atoms with E-state index in [1.807, 2.05) is 0 Å². The minimum atomic E-state index is -1.02. The van der Waals surface area contributed by atoms with Crippen LogP contribution in [0.1, 0.15) is 0 Å². The van der Waals surface area contributed by atoms with Gasteiger partial charge >= 0.3 is 5.97 Å². The molecule has 0 aliphatic rings. The van der Waals surface area contributed by atoms with Crippen LogP contribution < -0.4 is 0 Å². The third-order valence-corrected chi connectivity index (χ3v) is 2.00. The summed E-state index contributed by atoms with van der Waals surface area (Å²) in [5.74, 6) is -1.66. The Hall–Kier alpha value is 0.140. The van der Waals surface area contributed by atoms with Gasteiger partial charge in [-0.3, -0.25) is 4.79 Å². The number of rotatable bonds is 3. The van der Waals surface area contributed by atoms with Crippen molar-refractivity contribution in [3.63, 3.8) is 0 Å². The summed E-state index contributed by atoms with van der Waals surface area (Å²) >= 11 is 14.4. The fraction of sp³-hybridized carbons (Fsp3) is 0.400. The quantitative estimate of drug-likeness (QED) is 0.684. The fourth-order valence-corrected chi connectivity index (χ4v) is 1.14. The van der Waals surface area contributed by atoms with Crippen molar-refractivity contribution in [2.24, 2.45) is 5.92 Å². The molecule has 5 heteroatoms. The lowest BCUT2D eigenvalue weighted by Crippen LogP contribution is -2.15. The summed E-state index contributed by atoms with van der Waals surface area (Å²) in [7, 11) is 0. The average Bonchev–Trinajstić information content (AvgIpc) is 1.88. The van der Waals surface area contributed by atoms with Crippen molar-refractivity contribution in [1.29, 1.82) is 0 Å². The first-order chi connectivity index (χ1) is 4.63. The van der Waals surface area contributed by atoms with Gasteiger partial charge < -0.3 is 5.11 Å². The topological polar surface area (TPSA) is 37.3 Å². The van der Waals surface area contributed by atoms with E-state index in [4.69, 9.17) is 28.3 Å². The van der Waals surface area contributed by atoms with Gasteiger partial charge in [0, 0.05) is 16.3 Å². The number of carboxylic acids is 1. The van der Waals surface area contributed by atoms with Crippen LogP contribution in [0.4, 0.5) is 0 Å². The van der Waals surface area contributed by atoms with E-state index in [0.29, 0.717) is 0 Å². The fourth-order valence-electron chi connectivity index (χ4n) is 0.359. The summed E-state index contributed by atoms with van der Waals surface area (Å²) in [5, 5.41) is 8.54. The van der Waals surface area contributed by atoms with Gasteiger partial charge in [0.2, 0.25) is 0 Å². The van der Waals surface area contributed by atoms with Crippen LogP contribution in [0, 0.1) is 5.92 Å². The van der Waals surface area contributed by atoms with Crippen LogP contribution in [0.2, 0.25) is 0 Å². The Kier molecular flexibility index (Phi) is 4.95. The number of hydrogen-bond acceptors (Lipinski definition) is 2. The van der Waals surface area contributed by atoms with Gasteiger partial charge in [-0.1, -0.05) is 23.2 Å². The Labute approximate surface area is 74.2 Å². The number of carbonyl (C=O) groups is 1. The first-order valence-corrected chi connectivity index (χ1v) is 3.87. The lowest BCUT2D eigenvalue weighted by Gasteiger charge is -2.04. The second-order valence-corrected chi connectivity index (χ2v) is 2.59. The number of aliphatic carboxylic acids is 1. The van der Waals surface area contributed by atoms with Crippen molar-refractivity contribution in [2.75, 3.05) is 5.75 Å². The minimum Gasteiger partial charge on any atom is -0.481 e. The van der Waals surface area contributed by atoms with E-state index < -0.39 is 11.9 Å². The van der Waals surface area contributed by atoms with Crippen molar-refractivity contribution in [1.82, 2.24) is 0 Å². The Balaban J connectivity index is 4.21. The predicted octanol–water partition coefficient (Wildman–Crippen LogP) is 1.94. The highest BCUT2D eigenvalue weighted by atomic mass is 35.5. The van der Waals surface area contributed by atoms with Crippen molar-refractivity contribution >= 4 is 41.8 Å². The Morgan fingerprint density at radius 1 is 1.80 bits per heavy atom. The molecular formula is C5H6Cl2O2S. The van der Waals surface area contributed by atoms with E-state index in [-0.39, 0.29) is 10.8 Å². The van der Waals surface area contributed by atoms with Gasteiger partial charge in [0.25, 0.3) is 0 Å². The van der Waals surface area contributed by atoms with E-state index in [9.17, 15) is 4.79 Å². The highest BCUT2D eigenvalue weighted by molar-refractivity contribution is 7.80. The summed E-state index contributed by atoms with van der Waals surface area (Å²) in [6.45, 7) is 0. The summed E-state index contributed by atoms with van der Waals surface area (Å²) < 4.78 is 0. The van der Waals surface area contributed by atoms with E-state index in [2.05, 4.69) is 12.6 Å². The molecule has 0 aromatic rings. The molecule has 0 rings (SSSR count). The molecule has 1 atom stereocenters. The lowest BCUT2D eigenvalue weighted by atomic mass is 10.2. The van der Waals surface area contributed by atoms with Gasteiger partial charge in [0.05, 0.1) is 0 Å². The second kappa shape index (κ2) is 4.88. The third kappa shape index (κ3) is 2.82. The predicted molar refractivity (Wildman–Crippen MR) is 44.8 cm³/mol. The molecule has 0 amide bonds. The number of carboxylic acid groups (broad SMARTS) is 1. The highest BCUT2D eigenvalue weighted by Crippen LogP contribution is 2.17. The maximum absolute atomic E-state index is 10.3. The molecule has 0 unspecified atom stereocenters. The van der Waals surface area contributed by atoms with Gasteiger partial charge in [0.15, 0.2) is 0 Å². The van der Waals surface area contributed by atoms with E-state index in [1.54, 1.807) is 0 Å². The molecule has 0 spiro atoms. The molecule has 2 nitrogen and oxygen atoms in total. The Morgan fingerprint density at radius 3 is 2.40 bits per heavy atom. The van der Waals surface area contributed by atoms with E-state index in [0.717, 1.165) is 5.54 Å². The zero-order valence-corrected chi connectivity index (χ0v) is 7.33. The molecule has 0 radical (unpaired) electrons. The maximum Gasteiger partial charge on any atom is 0.312 e. The lowest BCUT2D eigenvalue weighted by molar-refractivity contribution is -0.139. The first kappa shape index (κ1) is 10.1. The third-order valence-electron chi connectivity index (χ3n) is 0.918. The van der Waals surface area contributed by atoms with Gasteiger partial charge in [-0.05, 0) is 0 Å². The normalized spacial score (nSPS) is 14.9. The van der Waals surface area contributed by atoms with Crippen molar-refractivity contribution < 1.29 is 9.90 Å². The number of halogens is 2. The molecule has 0 saturated heterocycles. The zero-order valence-electron chi connectivity index (χ0n) is 4.92. The molecule has 0 aromatic carbocycles. The summed E-state index contributed by atoms with van der Waals surface area (Å²) in [6.07, 6.45) is 0. The Morgan fingerprint density at radius 2 is 2.30 bits per heavy atom. The molecule has 0 bridgehead atoms. The molecule has 0 heterocycles. The largest absolute Gasteiger partial charge is 0.481 e. The van der Waals surface area contributed by atoms with Gasteiger partial charge in [-0.2, -0.15) is 12.6 Å².